The predicted octanol–water partition coefficient (Wildman–Crippen LogP) is 7.63. The molecule has 1 saturated heterocycles. The van der Waals surface area contributed by atoms with Crippen LogP contribution in [0, 0.1) is 0 Å². The van der Waals surface area contributed by atoms with Crippen molar-refractivity contribution in [2.75, 3.05) is 0 Å². The molecule has 0 aliphatic carbocycles. The third-order valence-electron chi connectivity index (χ3n) is 7.74. The highest BCUT2D eigenvalue weighted by Crippen LogP contribution is 2.39. The second-order valence-corrected chi connectivity index (χ2v) is 10.4. The van der Waals surface area contributed by atoms with E-state index in [0.29, 0.717) is 0 Å². The van der Waals surface area contributed by atoms with Crippen molar-refractivity contribution in [1.29, 1.82) is 0 Å². The summed E-state index contributed by atoms with van der Waals surface area (Å²) in [6, 6.07) is 36.9. The van der Waals surface area contributed by atoms with Gasteiger partial charge < -0.3 is 9.31 Å². The van der Waals surface area contributed by atoms with Crippen molar-refractivity contribution in [3.63, 3.8) is 0 Å². The van der Waals surface area contributed by atoms with Crippen LogP contribution in [0.1, 0.15) is 27.7 Å². The summed E-state index contributed by atoms with van der Waals surface area (Å²) < 4.78 is 12.9. The minimum Gasteiger partial charge on any atom is -0.399 e. The van der Waals surface area contributed by atoms with Crippen molar-refractivity contribution < 1.29 is 9.31 Å². The van der Waals surface area contributed by atoms with Crippen LogP contribution >= 0.6 is 0 Å². The largest absolute Gasteiger partial charge is 0.495 e. The Morgan fingerprint density at radius 1 is 0.514 bits per heavy atom. The molecule has 6 rings (SSSR count). The molecule has 5 aromatic rings. The summed E-state index contributed by atoms with van der Waals surface area (Å²) in [7, 11) is -0.410. The lowest BCUT2D eigenvalue weighted by molar-refractivity contribution is 0.00578. The number of hydrogen-bond acceptors (Lipinski definition) is 2. The summed E-state index contributed by atoms with van der Waals surface area (Å²) in [6.45, 7) is 8.40. The maximum Gasteiger partial charge on any atom is 0.495 e. The fourth-order valence-corrected chi connectivity index (χ4v) is 5.07. The monoisotopic (exact) mass is 456 g/mol. The number of fused-ring (bicyclic) bond motifs is 3. The van der Waals surface area contributed by atoms with E-state index in [4.69, 9.17) is 9.31 Å². The Bertz CT molecular complexity index is 1550. The van der Waals surface area contributed by atoms with E-state index in [-0.39, 0.29) is 11.2 Å². The van der Waals surface area contributed by atoms with Crippen LogP contribution in [0.2, 0.25) is 0 Å². The lowest BCUT2D eigenvalue weighted by Gasteiger charge is -2.32. The summed E-state index contributed by atoms with van der Waals surface area (Å²) in [5.74, 6) is 0. The van der Waals surface area contributed by atoms with Crippen LogP contribution in [-0.2, 0) is 9.31 Å². The van der Waals surface area contributed by atoms with E-state index >= 15 is 0 Å². The van der Waals surface area contributed by atoms with E-state index in [1.165, 1.54) is 38.2 Å². The van der Waals surface area contributed by atoms with Gasteiger partial charge in [-0.2, -0.15) is 0 Å². The first kappa shape index (κ1) is 22.1. The normalized spacial score (nSPS) is 16.7. The number of hydrogen-bond donors (Lipinski definition) is 0. The van der Waals surface area contributed by atoms with Gasteiger partial charge in [0.05, 0.1) is 11.2 Å². The zero-order valence-electron chi connectivity index (χ0n) is 20.7. The summed E-state index contributed by atoms with van der Waals surface area (Å²) in [6.07, 6.45) is 0. The van der Waals surface area contributed by atoms with E-state index in [9.17, 15) is 0 Å². The Kier molecular flexibility index (Phi) is 5.10. The standard InChI is InChI=1S/C32H29BO2/c1-31(2)32(3,4)35-33(34-31)30-16-10-9-15-29(30)28-14-8-7-13-26(28)24-19-20-27-23(21-24)18-17-22-11-5-6-12-25(22)27/h5-21H,1-4H3. The van der Waals surface area contributed by atoms with E-state index in [1.54, 1.807) is 0 Å². The van der Waals surface area contributed by atoms with Crippen LogP contribution in [0.5, 0.6) is 0 Å². The molecule has 0 N–H and O–H groups in total. The molecule has 35 heavy (non-hydrogen) atoms. The molecule has 0 radical (unpaired) electrons. The van der Waals surface area contributed by atoms with Crippen molar-refractivity contribution in [2.45, 2.75) is 38.9 Å². The van der Waals surface area contributed by atoms with Crippen LogP contribution in [0.25, 0.3) is 43.8 Å². The molecule has 2 nitrogen and oxygen atoms in total. The number of benzene rings is 5. The van der Waals surface area contributed by atoms with Gasteiger partial charge in [0.25, 0.3) is 0 Å². The van der Waals surface area contributed by atoms with Gasteiger partial charge in [0.1, 0.15) is 0 Å². The van der Waals surface area contributed by atoms with Crippen LogP contribution in [-0.4, -0.2) is 18.3 Å². The van der Waals surface area contributed by atoms with E-state index < -0.39 is 7.12 Å². The maximum atomic E-state index is 6.43. The van der Waals surface area contributed by atoms with Gasteiger partial charge in [-0.1, -0.05) is 97.1 Å². The third-order valence-corrected chi connectivity index (χ3v) is 7.74. The molecule has 0 amide bonds. The maximum absolute atomic E-state index is 6.43. The Labute approximate surface area is 207 Å². The highest BCUT2D eigenvalue weighted by atomic mass is 16.7. The van der Waals surface area contributed by atoms with Crippen LogP contribution in [0.15, 0.2) is 103 Å². The van der Waals surface area contributed by atoms with Crippen molar-refractivity contribution in [1.82, 2.24) is 0 Å². The number of rotatable bonds is 3. The molecule has 0 spiro atoms. The molecular weight excluding hydrogens is 427 g/mol. The molecule has 3 heteroatoms. The molecule has 5 aromatic carbocycles. The lowest BCUT2D eigenvalue weighted by Crippen LogP contribution is -2.41. The SMILES string of the molecule is CC1(C)OB(c2ccccc2-c2ccccc2-c2ccc3c(ccc4ccccc43)c2)OC1(C)C. The van der Waals surface area contributed by atoms with Gasteiger partial charge in [0.15, 0.2) is 0 Å². The van der Waals surface area contributed by atoms with Gasteiger partial charge in [-0.25, -0.2) is 0 Å². The summed E-state index contributed by atoms with van der Waals surface area (Å²) in [5, 5.41) is 5.08. The van der Waals surface area contributed by atoms with Gasteiger partial charge >= 0.3 is 7.12 Å². The summed E-state index contributed by atoms with van der Waals surface area (Å²) in [5.41, 5.74) is 5.01. The summed E-state index contributed by atoms with van der Waals surface area (Å²) in [4.78, 5) is 0. The van der Waals surface area contributed by atoms with Crippen LogP contribution < -0.4 is 5.46 Å². The molecule has 1 aliphatic rings. The summed E-state index contributed by atoms with van der Waals surface area (Å²) >= 11 is 0. The molecule has 0 bridgehead atoms. The zero-order valence-corrected chi connectivity index (χ0v) is 20.7. The van der Waals surface area contributed by atoms with Gasteiger partial charge in [-0.15, -0.1) is 0 Å². The minimum absolute atomic E-state index is 0.384. The molecule has 0 unspecified atom stereocenters. The molecule has 172 valence electrons. The van der Waals surface area contributed by atoms with E-state index in [0.717, 1.165) is 11.0 Å². The average Bonchev–Trinajstić information content (AvgIpc) is 3.10. The first-order valence-electron chi connectivity index (χ1n) is 12.3. The third kappa shape index (κ3) is 3.67. The van der Waals surface area contributed by atoms with E-state index in [2.05, 4.69) is 131 Å². The fraction of sp³-hybridized carbons (Fsp3) is 0.188. The van der Waals surface area contributed by atoms with Gasteiger partial charge in [0, 0.05) is 0 Å². The second-order valence-electron chi connectivity index (χ2n) is 10.4. The van der Waals surface area contributed by atoms with Crippen molar-refractivity contribution in [3.8, 4) is 22.3 Å². The van der Waals surface area contributed by atoms with Crippen molar-refractivity contribution in [2.24, 2.45) is 0 Å². The van der Waals surface area contributed by atoms with Crippen molar-refractivity contribution >= 4 is 34.1 Å². The first-order chi connectivity index (χ1) is 16.8. The van der Waals surface area contributed by atoms with Gasteiger partial charge in [-0.05, 0) is 83.0 Å². The predicted molar refractivity (Wildman–Crippen MR) is 148 cm³/mol. The van der Waals surface area contributed by atoms with Gasteiger partial charge in [0.2, 0.25) is 0 Å². The zero-order chi connectivity index (χ0) is 24.2. The van der Waals surface area contributed by atoms with E-state index in [1.807, 2.05) is 0 Å². The quantitative estimate of drug-likeness (QED) is 0.205. The van der Waals surface area contributed by atoms with Crippen LogP contribution in [0.3, 0.4) is 0 Å². The first-order valence-corrected chi connectivity index (χ1v) is 12.3. The molecule has 1 fully saturated rings. The molecule has 0 saturated carbocycles. The van der Waals surface area contributed by atoms with Crippen LogP contribution in [0.4, 0.5) is 0 Å². The smallest absolute Gasteiger partial charge is 0.399 e. The molecule has 0 aromatic heterocycles. The average molecular weight is 456 g/mol. The minimum atomic E-state index is -0.410. The Morgan fingerprint density at radius 3 is 1.86 bits per heavy atom. The van der Waals surface area contributed by atoms with Crippen molar-refractivity contribution in [3.05, 3.63) is 103 Å². The highest BCUT2D eigenvalue weighted by Gasteiger charge is 2.52. The molecule has 0 atom stereocenters. The topological polar surface area (TPSA) is 18.5 Å². The lowest BCUT2D eigenvalue weighted by atomic mass is 9.73. The second kappa shape index (κ2) is 8.08. The van der Waals surface area contributed by atoms with Gasteiger partial charge in [-0.3, -0.25) is 0 Å². The Hall–Kier alpha value is -3.40. The highest BCUT2D eigenvalue weighted by molar-refractivity contribution is 6.64. The Balaban J connectivity index is 1.48. The Morgan fingerprint density at radius 2 is 1.09 bits per heavy atom. The molecule has 1 heterocycles. The fourth-order valence-electron chi connectivity index (χ4n) is 5.07. The molecule has 1 aliphatic heterocycles. The molecular formula is C32H29BO2.